The first-order valence-electron chi connectivity index (χ1n) is 11.4. The van der Waals surface area contributed by atoms with E-state index in [9.17, 15) is 19.5 Å². The van der Waals surface area contributed by atoms with Crippen molar-refractivity contribution in [2.75, 3.05) is 6.61 Å². The minimum Gasteiger partial charge on any atom is -0.480 e. The predicted octanol–water partition coefficient (Wildman–Crippen LogP) is 3.94. The second-order valence-corrected chi connectivity index (χ2v) is 8.85. The number of ether oxygens (including phenoxy) is 1. The second-order valence-electron chi connectivity index (χ2n) is 8.85. The monoisotopic (exact) mass is 477 g/mol. The maximum atomic E-state index is 12.3. The zero-order valence-corrected chi connectivity index (χ0v) is 19.5. The maximum Gasteiger partial charge on any atom is 0.407 e. The Hall–Kier alpha value is -4.14. The number of hydrogen-bond acceptors (Lipinski definition) is 6. The highest BCUT2D eigenvalue weighted by molar-refractivity contribution is 5.94. The number of hydrogen-bond donors (Lipinski definition) is 3. The van der Waals surface area contributed by atoms with Gasteiger partial charge in [-0.25, -0.2) is 9.59 Å². The van der Waals surface area contributed by atoms with E-state index in [1.807, 2.05) is 50.2 Å². The molecule has 1 aliphatic carbocycles. The van der Waals surface area contributed by atoms with Crippen molar-refractivity contribution < 1.29 is 28.8 Å². The molecule has 0 spiro atoms. The lowest BCUT2D eigenvalue weighted by Gasteiger charge is -2.15. The minimum atomic E-state index is -1.12. The fraction of sp³-hybridized carbons (Fsp3) is 0.308. The molecular formula is C26H27N3O6. The lowest BCUT2D eigenvalue weighted by Crippen LogP contribution is -2.41. The van der Waals surface area contributed by atoms with Crippen molar-refractivity contribution in [1.82, 2.24) is 15.8 Å². The van der Waals surface area contributed by atoms with Gasteiger partial charge in [-0.3, -0.25) is 4.79 Å². The number of rotatable bonds is 9. The van der Waals surface area contributed by atoms with Crippen LogP contribution in [0.2, 0.25) is 0 Å². The molecule has 0 unspecified atom stereocenters. The van der Waals surface area contributed by atoms with Crippen LogP contribution < -0.4 is 10.6 Å². The lowest BCUT2D eigenvalue weighted by atomic mass is 9.98. The molecule has 9 nitrogen and oxygen atoms in total. The van der Waals surface area contributed by atoms with Gasteiger partial charge in [-0.15, -0.1) is 0 Å². The van der Waals surface area contributed by atoms with Crippen LogP contribution >= 0.6 is 0 Å². The van der Waals surface area contributed by atoms with Crippen LogP contribution in [0.25, 0.3) is 11.1 Å². The SMILES string of the molecule is CC(C)C[C@H](NC(=O)c1cc(CNC(=O)OCC2c3ccccc3-c3ccccc32)on1)C(=O)O. The molecule has 1 atom stereocenters. The van der Waals surface area contributed by atoms with Crippen molar-refractivity contribution in [3.05, 3.63) is 77.2 Å². The highest BCUT2D eigenvalue weighted by atomic mass is 16.5. The van der Waals surface area contributed by atoms with E-state index in [1.54, 1.807) is 0 Å². The Kier molecular flexibility index (Phi) is 7.14. The maximum absolute atomic E-state index is 12.3. The third kappa shape index (κ3) is 5.51. The standard InChI is InChI=1S/C26H27N3O6/c1-15(2)11-23(25(31)32)28-24(30)22-12-16(35-29-22)13-27-26(33)34-14-21-19-9-5-3-7-17(19)18-8-4-6-10-20(18)21/h3-10,12,15,21,23H,11,13-14H2,1-2H3,(H,27,33)(H,28,30)(H,31,32)/t23-/m0/s1. The van der Waals surface area contributed by atoms with Crippen LogP contribution in [0.15, 0.2) is 59.1 Å². The molecule has 1 heterocycles. The zero-order chi connectivity index (χ0) is 24.9. The number of carboxylic acid groups (broad SMARTS) is 1. The Morgan fingerprint density at radius 3 is 2.29 bits per heavy atom. The number of benzene rings is 2. The van der Waals surface area contributed by atoms with E-state index < -0.39 is 24.0 Å². The number of nitrogens with zero attached hydrogens (tertiary/aromatic N) is 1. The Balaban J connectivity index is 1.30. The van der Waals surface area contributed by atoms with Gasteiger partial charge in [0.05, 0.1) is 6.54 Å². The molecule has 0 saturated carbocycles. The smallest absolute Gasteiger partial charge is 0.407 e. The molecule has 182 valence electrons. The van der Waals surface area contributed by atoms with Crippen LogP contribution in [0.4, 0.5) is 4.79 Å². The average molecular weight is 478 g/mol. The molecule has 0 bridgehead atoms. The Morgan fingerprint density at radius 1 is 1.06 bits per heavy atom. The number of aliphatic carboxylic acids is 1. The first kappa shape index (κ1) is 24.0. The van der Waals surface area contributed by atoms with Crippen molar-refractivity contribution in [3.63, 3.8) is 0 Å². The van der Waals surface area contributed by atoms with Crippen LogP contribution in [-0.2, 0) is 16.1 Å². The topological polar surface area (TPSA) is 131 Å². The van der Waals surface area contributed by atoms with E-state index in [0.29, 0.717) is 0 Å². The number of alkyl carbamates (subject to hydrolysis) is 1. The van der Waals surface area contributed by atoms with Gasteiger partial charge >= 0.3 is 12.1 Å². The van der Waals surface area contributed by atoms with Crippen molar-refractivity contribution in [2.45, 2.75) is 38.8 Å². The third-order valence-corrected chi connectivity index (χ3v) is 5.85. The molecule has 3 aromatic rings. The summed E-state index contributed by atoms with van der Waals surface area (Å²) in [7, 11) is 0. The summed E-state index contributed by atoms with van der Waals surface area (Å²) in [6.07, 6.45) is -0.341. The number of aromatic nitrogens is 1. The molecule has 4 rings (SSSR count). The van der Waals surface area contributed by atoms with Gasteiger partial charge in [-0.1, -0.05) is 67.5 Å². The third-order valence-electron chi connectivity index (χ3n) is 5.85. The summed E-state index contributed by atoms with van der Waals surface area (Å²) in [4.78, 5) is 36.0. The van der Waals surface area contributed by atoms with Crippen LogP contribution in [-0.4, -0.2) is 40.9 Å². The molecule has 2 aromatic carbocycles. The van der Waals surface area contributed by atoms with E-state index in [4.69, 9.17) is 9.26 Å². The van der Waals surface area contributed by atoms with Gasteiger partial charge in [0.15, 0.2) is 11.5 Å². The predicted molar refractivity (Wildman–Crippen MR) is 127 cm³/mol. The molecule has 1 aromatic heterocycles. The molecule has 0 fully saturated rings. The molecule has 9 heteroatoms. The summed E-state index contributed by atoms with van der Waals surface area (Å²) in [6.45, 7) is 3.87. The molecule has 0 aliphatic heterocycles. The van der Waals surface area contributed by atoms with Gasteiger partial charge < -0.3 is 25.0 Å². The molecule has 0 saturated heterocycles. The number of carbonyl (C=O) groups is 3. The fourth-order valence-corrected chi connectivity index (χ4v) is 4.24. The fourth-order valence-electron chi connectivity index (χ4n) is 4.24. The van der Waals surface area contributed by atoms with Gasteiger partial charge in [0.2, 0.25) is 0 Å². The largest absolute Gasteiger partial charge is 0.480 e. The summed E-state index contributed by atoms with van der Waals surface area (Å²) >= 11 is 0. The van der Waals surface area contributed by atoms with Crippen LogP contribution in [0.1, 0.15) is 53.6 Å². The highest BCUT2D eigenvalue weighted by Gasteiger charge is 2.29. The Bertz CT molecular complexity index is 1190. The van der Waals surface area contributed by atoms with E-state index in [0.717, 1.165) is 22.3 Å². The summed E-state index contributed by atoms with van der Waals surface area (Å²) in [5.74, 6) is -1.51. The van der Waals surface area contributed by atoms with Gasteiger partial charge in [0, 0.05) is 12.0 Å². The normalized spacial score (nSPS) is 13.1. The molecule has 0 radical (unpaired) electrons. The quantitative estimate of drug-likeness (QED) is 0.425. The Labute approximate surface area is 202 Å². The van der Waals surface area contributed by atoms with E-state index >= 15 is 0 Å². The first-order chi connectivity index (χ1) is 16.8. The number of nitrogens with one attached hydrogen (secondary N) is 2. The lowest BCUT2D eigenvalue weighted by molar-refractivity contribution is -0.139. The van der Waals surface area contributed by atoms with Gasteiger partial charge in [-0.2, -0.15) is 0 Å². The van der Waals surface area contributed by atoms with E-state index in [2.05, 4.69) is 27.9 Å². The van der Waals surface area contributed by atoms with Gasteiger partial charge in [-0.05, 0) is 34.6 Å². The number of carbonyl (C=O) groups excluding carboxylic acids is 2. The zero-order valence-electron chi connectivity index (χ0n) is 19.5. The van der Waals surface area contributed by atoms with Crippen molar-refractivity contribution >= 4 is 18.0 Å². The van der Waals surface area contributed by atoms with Gasteiger partial charge in [0.25, 0.3) is 5.91 Å². The number of amides is 2. The number of carboxylic acids is 1. The average Bonchev–Trinajstić information content (AvgIpc) is 3.44. The number of fused-ring (bicyclic) bond motifs is 3. The van der Waals surface area contributed by atoms with Crippen molar-refractivity contribution in [2.24, 2.45) is 5.92 Å². The molecule has 3 N–H and O–H groups in total. The van der Waals surface area contributed by atoms with Gasteiger partial charge in [0.1, 0.15) is 12.6 Å². The second kappa shape index (κ2) is 10.4. The Morgan fingerprint density at radius 2 is 1.69 bits per heavy atom. The summed E-state index contributed by atoms with van der Waals surface area (Å²) < 4.78 is 10.6. The first-order valence-corrected chi connectivity index (χ1v) is 11.4. The molecule has 2 amide bonds. The van der Waals surface area contributed by atoms with E-state index in [-0.39, 0.29) is 42.9 Å². The molecular weight excluding hydrogens is 450 g/mol. The highest BCUT2D eigenvalue weighted by Crippen LogP contribution is 2.44. The molecule has 35 heavy (non-hydrogen) atoms. The van der Waals surface area contributed by atoms with Crippen molar-refractivity contribution in [1.29, 1.82) is 0 Å². The van der Waals surface area contributed by atoms with E-state index in [1.165, 1.54) is 6.07 Å². The van der Waals surface area contributed by atoms with Crippen LogP contribution in [0.5, 0.6) is 0 Å². The summed E-state index contributed by atoms with van der Waals surface area (Å²) in [5.41, 5.74) is 4.45. The van der Waals surface area contributed by atoms with Crippen LogP contribution in [0, 0.1) is 5.92 Å². The van der Waals surface area contributed by atoms with Crippen molar-refractivity contribution in [3.8, 4) is 11.1 Å². The summed E-state index contributed by atoms with van der Waals surface area (Å²) in [6, 6.07) is 16.5. The summed E-state index contributed by atoms with van der Waals surface area (Å²) in [5, 5.41) is 18.0. The van der Waals surface area contributed by atoms with Crippen LogP contribution in [0.3, 0.4) is 0 Å². The molecule has 1 aliphatic rings. The minimum absolute atomic E-state index is 0.0364.